The molecular weight excluding hydrogens is 335 g/mol. The maximum absolute atomic E-state index is 10.9. The highest BCUT2D eigenvalue weighted by atomic mass is 127. The van der Waals surface area contributed by atoms with Crippen molar-refractivity contribution in [2.45, 2.75) is 13.8 Å². The van der Waals surface area contributed by atoms with Crippen LogP contribution in [0.2, 0.25) is 0 Å². The lowest BCUT2D eigenvalue weighted by molar-refractivity contribution is 0.0695. The number of hydrogen-bond donors (Lipinski definition) is 1. The monoisotopic (exact) mass is 344 g/mol. The molecule has 2 rings (SSSR count). The zero-order valence-electron chi connectivity index (χ0n) is 9.18. The fourth-order valence-electron chi connectivity index (χ4n) is 1.44. The van der Waals surface area contributed by atoms with Crippen LogP contribution in [0.4, 0.5) is 0 Å². The summed E-state index contributed by atoms with van der Waals surface area (Å²) in [5.74, 6) is 0.207. The molecule has 88 valence electrons. The van der Waals surface area contributed by atoms with Crippen molar-refractivity contribution in [1.82, 2.24) is 19.7 Å². The molecule has 0 aliphatic carbocycles. The molecule has 0 saturated heterocycles. The Bertz CT molecular complexity index is 574. The van der Waals surface area contributed by atoms with Crippen LogP contribution in [0, 0.1) is 17.5 Å². The molecule has 0 aromatic carbocycles. The first-order chi connectivity index (χ1) is 7.99. The van der Waals surface area contributed by atoms with Crippen LogP contribution in [0.15, 0.2) is 12.3 Å². The summed E-state index contributed by atoms with van der Waals surface area (Å²) in [6, 6.07) is 1.76. The van der Waals surface area contributed by atoms with Crippen LogP contribution < -0.4 is 0 Å². The maximum Gasteiger partial charge on any atom is 0.340 e. The van der Waals surface area contributed by atoms with Crippen LogP contribution in [-0.4, -0.2) is 30.8 Å². The highest BCUT2D eigenvalue weighted by Crippen LogP contribution is 2.16. The Kier molecular flexibility index (Phi) is 3.09. The highest BCUT2D eigenvalue weighted by molar-refractivity contribution is 14.1. The predicted molar refractivity (Wildman–Crippen MR) is 68.3 cm³/mol. The van der Waals surface area contributed by atoms with Crippen molar-refractivity contribution in [3.63, 3.8) is 0 Å². The van der Waals surface area contributed by atoms with Gasteiger partial charge in [-0.1, -0.05) is 0 Å². The topological polar surface area (TPSA) is 80.9 Å². The number of carbonyl (C=O) groups is 1. The normalized spacial score (nSPS) is 10.5. The van der Waals surface area contributed by atoms with E-state index in [4.69, 9.17) is 5.11 Å². The van der Waals surface area contributed by atoms with Gasteiger partial charge in [-0.3, -0.25) is 0 Å². The predicted octanol–water partition coefficient (Wildman–Crippen LogP) is 1.58. The van der Waals surface area contributed by atoms with Crippen molar-refractivity contribution in [2.75, 3.05) is 0 Å². The van der Waals surface area contributed by atoms with Crippen molar-refractivity contribution in [3.05, 3.63) is 33.0 Å². The molecule has 0 amide bonds. The highest BCUT2D eigenvalue weighted by Gasteiger charge is 2.16. The van der Waals surface area contributed by atoms with Gasteiger partial charge in [-0.25, -0.2) is 19.4 Å². The van der Waals surface area contributed by atoms with Gasteiger partial charge in [0.05, 0.1) is 6.20 Å². The number of carboxylic acid groups (broad SMARTS) is 1. The van der Waals surface area contributed by atoms with Gasteiger partial charge in [-0.05, 0) is 36.4 Å². The maximum atomic E-state index is 10.9. The van der Waals surface area contributed by atoms with Crippen molar-refractivity contribution in [1.29, 1.82) is 0 Å². The first kappa shape index (κ1) is 12.0. The van der Waals surface area contributed by atoms with E-state index in [0.29, 0.717) is 15.3 Å². The molecule has 0 aliphatic rings. The molecule has 0 spiro atoms. The molecule has 0 bridgehead atoms. The van der Waals surface area contributed by atoms with Crippen LogP contribution in [0.5, 0.6) is 0 Å². The molecule has 2 aromatic heterocycles. The van der Waals surface area contributed by atoms with Crippen LogP contribution in [-0.2, 0) is 0 Å². The number of aromatic carboxylic acids is 1. The second-order valence-corrected chi connectivity index (χ2v) is 4.50. The van der Waals surface area contributed by atoms with Gasteiger partial charge in [0.2, 0.25) is 0 Å². The van der Waals surface area contributed by atoms with E-state index in [1.807, 2.05) is 29.5 Å². The van der Waals surface area contributed by atoms with Gasteiger partial charge in [-0.15, -0.1) is 0 Å². The molecule has 0 fully saturated rings. The summed E-state index contributed by atoms with van der Waals surface area (Å²) in [5, 5.41) is 13.0. The minimum absolute atomic E-state index is 0.166. The lowest BCUT2D eigenvalue weighted by atomic mass is 10.4. The molecule has 0 saturated carbocycles. The number of halogens is 1. The van der Waals surface area contributed by atoms with E-state index in [-0.39, 0.29) is 5.56 Å². The molecule has 1 N–H and O–H groups in total. The quantitative estimate of drug-likeness (QED) is 0.837. The molecule has 6 nitrogen and oxygen atoms in total. The van der Waals surface area contributed by atoms with E-state index >= 15 is 0 Å². The van der Waals surface area contributed by atoms with Crippen LogP contribution in [0.1, 0.15) is 21.9 Å². The van der Waals surface area contributed by atoms with Gasteiger partial charge in [0.25, 0.3) is 0 Å². The third-order valence-electron chi connectivity index (χ3n) is 2.11. The standard InChI is InChI=1S/C10H9IN4O2/c1-5-3-8(14-6(2)13-5)15-9(11)7(4-12-15)10(16)17/h3-4H,1-2H3,(H,16,17). The number of carboxylic acids is 1. The van der Waals surface area contributed by atoms with E-state index in [1.165, 1.54) is 10.9 Å². The number of nitrogens with zero attached hydrogens (tertiary/aromatic N) is 4. The van der Waals surface area contributed by atoms with E-state index in [1.54, 1.807) is 13.0 Å². The van der Waals surface area contributed by atoms with Gasteiger partial charge in [0.1, 0.15) is 15.1 Å². The summed E-state index contributed by atoms with van der Waals surface area (Å²) >= 11 is 1.94. The second kappa shape index (κ2) is 4.40. The Morgan fingerprint density at radius 1 is 1.41 bits per heavy atom. The Morgan fingerprint density at radius 2 is 2.12 bits per heavy atom. The molecule has 7 heteroatoms. The van der Waals surface area contributed by atoms with Crippen LogP contribution >= 0.6 is 22.6 Å². The molecule has 0 atom stereocenters. The van der Waals surface area contributed by atoms with E-state index in [2.05, 4.69) is 15.1 Å². The van der Waals surface area contributed by atoms with Gasteiger partial charge in [-0.2, -0.15) is 5.10 Å². The van der Waals surface area contributed by atoms with Crippen molar-refractivity contribution < 1.29 is 9.90 Å². The molecule has 2 aromatic rings. The third-order valence-corrected chi connectivity index (χ3v) is 3.15. The molecule has 0 aliphatic heterocycles. The van der Waals surface area contributed by atoms with Crippen LogP contribution in [0.25, 0.3) is 5.82 Å². The fraction of sp³-hybridized carbons (Fsp3) is 0.200. The Balaban J connectivity index is 2.57. The second-order valence-electron chi connectivity index (χ2n) is 3.48. The lowest BCUT2D eigenvalue weighted by Gasteiger charge is -2.04. The minimum atomic E-state index is -0.997. The first-order valence-corrected chi connectivity index (χ1v) is 5.86. The zero-order chi connectivity index (χ0) is 12.6. The van der Waals surface area contributed by atoms with Crippen molar-refractivity contribution in [2.24, 2.45) is 0 Å². The average Bonchev–Trinajstić information content (AvgIpc) is 2.58. The summed E-state index contributed by atoms with van der Waals surface area (Å²) in [5.41, 5.74) is 0.982. The minimum Gasteiger partial charge on any atom is -0.478 e. The fourth-order valence-corrected chi connectivity index (χ4v) is 2.18. The van der Waals surface area contributed by atoms with Gasteiger partial charge < -0.3 is 5.11 Å². The van der Waals surface area contributed by atoms with Gasteiger partial charge in [0, 0.05) is 11.8 Å². The molecule has 17 heavy (non-hydrogen) atoms. The molecule has 0 unspecified atom stereocenters. The van der Waals surface area contributed by atoms with Crippen molar-refractivity contribution in [3.8, 4) is 5.82 Å². The Labute approximate surface area is 111 Å². The summed E-state index contributed by atoms with van der Waals surface area (Å²) in [6.07, 6.45) is 1.32. The number of rotatable bonds is 2. The average molecular weight is 344 g/mol. The largest absolute Gasteiger partial charge is 0.478 e. The van der Waals surface area contributed by atoms with E-state index in [0.717, 1.165) is 5.69 Å². The zero-order valence-corrected chi connectivity index (χ0v) is 11.3. The number of aryl methyl sites for hydroxylation is 2. The van der Waals surface area contributed by atoms with E-state index in [9.17, 15) is 4.79 Å². The smallest absolute Gasteiger partial charge is 0.340 e. The van der Waals surface area contributed by atoms with E-state index < -0.39 is 5.97 Å². The van der Waals surface area contributed by atoms with Crippen molar-refractivity contribution >= 4 is 28.6 Å². The number of aromatic nitrogens is 4. The molecule has 0 radical (unpaired) electrons. The van der Waals surface area contributed by atoms with Crippen LogP contribution in [0.3, 0.4) is 0 Å². The van der Waals surface area contributed by atoms with Gasteiger partial charge in [0.15, 0.2) is 5.82 Å². The van der Waals surface area contributed by atoms with Gasteiger partial charge >= 0.3 is 5.97 Å². The SMILES string of the molecule is Cc1cc(-n2ncc(C(=O)O)c2I)nc(C)n1. The summed E-state index contributed by atoms with van der Waals surface area (Å²) in [4.78, 5) is 19.3. The third kappa shape index (κ3) is 2.28. The Morgan fingerprint density at radius 3 is 2.65 bits per heavy atom. The summed E-state index contributed by atoms with van der Waals surface area (Å²) < 4.78 is 2.01. The molecule has 2 heterocycles. The molecular formula is C10H9IN4O2. The summed E-state index contributed by atoms with van der Waals surface area (Å²) in [6.45, 7) is 3.64. The number of hydrogen-bond acceptors (Lipinski definition) is 4. The first-order valence-electron chi connectivity index (χ1n) is 4.78. The summed E-state index contributed by atoms with van der Waals surface area (Å²) in [7, 11) is 0. The Hall–Kier alpha value is -1.51. The lowest BCUT2D eigenvalue weighted by Crippen LogP contribution is -2.06.